The van der Waals surface area contributed by atoms with Gasteiger partial charge in [-0.1, -0.05) is 26.0 Å². The van der Waals surface area contributed by atoms with Crippen molar-refractivity contribution in [2.45, 2.75) is 39.0 Å². The topological polar surface area (TPSA) is 56.8 Å². The van der Waals surface area contributed by atoms with Gasteiger partial charge in [0.25, 0.3) is 0 Å². The monoisotopic (exact) mass is 371 g/mol. The molecule has 0 aliphatic carbocycles. The molecule has 0 saturated heterocycles. The van der Waals surface area contributed by atoms with E-state index in [0.29, 0.717) is 36.0 Å². The van der Waals surface area contributed by atoms with Crippen molar-refractivity contribution in [3.05, 3.63) is 47.5 Å². The molecule has 2 aromatic rings. The molecule has 0 bridgehead atoms. The van der Waals surface area contributed by atoms with E-state index in [1.165, 1.54) is 5.56 Å². The number of amides is 1. The Morgan fingerprint density at radius 3 is 2.07 bits per heavy atom. The zero-order valence-corrected chi connectivity index (χ0v) is 16.8. The van der Waals surface area contributed by atoms with Gasteiger partial charge >= 0.3 is 0 Å². The van der Waals surface area contributed by atoms with Crippen molar-refractivity contribution < 1.29 is 19.0 Å². The quantitative estimate of drug-likeness (QED) is 0.688. The summed E-state index contributed by atoms with van der Waals surface area (Å²) in [5.74, 6) is 2.23. The lowest BCUT2D eigenvalue weighted by molar-refractivity contribution is -0.116. The second kappa shape index (κ2) is 9.86. The Morgan fingerprint density at radius 1 is 1.00 bits per heavy atom. The minimum absolute atomic E-state index is 0.0277. The predicted molar refractivity (Wildman–Crippen MR) is 108 cm³/mol. The number of methoxy groups -OCH3 is 3. The Balaban J connectivity index is 1.99. The van der Waals surface area contributed by atoms with Gasteiger partial charge in [-0.05, 0) is 54.2 Å². The van der Waals surface area contributed by atoms with Crippen molar-refractivity contribution >= 4 is 11.6 Å². The Bertz CT molecular complexity index is 730. The zero-order chi connectivity index (χ0) is 19.8. The van der Waals surface area contributed by atoms with E-state index in [-0.39, 0.29) is 5.91 Å². The molecule has 1 atom stereocenters. The van der Waals surface area contributed by atoms with Gasteiger partial charge in [-0.3, -0.25) is 4.79 Å². The van der Waals surface area contributed by atoms with E-state index >= 15 is 0 Å². The number of ether oxygens (including phenoxy) is 3. The molecule has 0 heterocycles. The molecule has 0 saturated carbocycles. The molecule has 27 heavy (non-hydrogen) atoms. The van der Waals surface area contributed by atoms with Gasteiger partial charge in [0.1, 0.15) is 0 Å². The van der Waals surface area contributed by atoms with Crippen LogP contribution in [0.15, 0.2) is 36.4 Å². The van der Waals surface area contributed by atoms with Gasteiger partial charge in [-0.25, -0.2) is 0 Å². The van der Waals surface area contributed by atoms with Crippen LogP contribution in [-0.4, -0.2) is 27.2 Å². The first-order valence-electron chi connectivity index (χ1n) is 9.21. The maximum absolute atomic E-state index is 12.3. The molecule has 1 amide bonds. The van der Waals surface area contributed by atoms with Crippen LogP contribution < -0.4 is 19.5 Å². The maximum Gasteiger partial charge on any atom is 0.224 e. The van der Waals surface area contributed by atoms with E-state index < -0.39 is 0 Å². The van der Waals surface area contributed by atoms with Crippen molar-refractivity contribution in [2.24, 2.45) is 0 Å². The highest BCUT2D eigenvalue weighted by Gasteiger charge is 2.14. The fourth-order valence-corrected chi connectivity index (χ4v) is 2.89. The van der Waals surface area contributed by atoms with E-state index in [9.17, 15) is 4.79 Å². The third-order valence-corrected chi connectivity index (χ3v) is 4.74. The summed E-state index contributed by atoms with van der Waals surface area (Å²) >= 11 is 0. The van der Waals surface area contributed by atoms with Crippen LogP contribution in [0.3, 0.4) is 0 Å². The number of carbonyl (C=O) groups excluding carboxylic acids is 1. The lowest BCUT2D eigenvalue weighted by atomic mass is 9.98. The van der Waals surface area contributed by atoms with E-state index in [4.69, 9.17) is 14.2 Å². The summed E-state index contributed by atoms with van der Waals surface area (Å²) in [7, 11) is 4.73. The molecular weight excluding hydrogens is 342 g/mol. The normalized spacial score (nSPS) is 11.6. The van der Waals surface area contributed by atoms with Gasteiger partial charge in [-0.15, -0.1) is 0 Å². The smallest absolute Gasteiger partial charge is 0.224 e. The van der Waals surface area contributed by atoms with Gasteiger partial charge in [-0.2, -0.15) is 0 Å². The SMILES string of the molecule is CC[C@@H](C)c1ccc(NC(=O)CCc2cc(OC)c(OC)c(OC)c2)cc1. The zero-order valence-electron chi connectivity index (χ0n) is 16.8. The molecule has 2 rings (SSSR count). The molecule has 1 N–H and O–H groups in total. The molecule has 146 valence electrons. The molecule has 5 heteroatoms. The number of nitrogens with one attached hydrogen (secondary N) is 1. The van der Waals surface area contributed by atoms with Gasteiger partial charge < -0.3 is 19.5 Å². The van der Waals surface area contributed by atoms with E-state index in [1.807, 2.05) is 24.3 Å². The van der Waals surface area contributed by atoms with Gasteiger partial charge in [0, 0.05) is 12.1 Å². The van der Waals surface area contributed by atoms with Crippen molar-refractivity contribution in [3.63, 3.8) is 0 Å². The first-order chi connectivity index (χ1) is 13.0. The minimum atomic E-state index is -0.0277. The van der Waals surface area contributed by atoms with Crippen molar-refractivity contribution in [2.75, 3.05) is 26.6 Å². The second-order valence-corrected chi connectivity index (χ2v) is 6.51. The number of rotatable bonds is 9. The van der Waals surface area contributed by atoms with Crippen LogP contribution in [-0.2, 0) is 11.2 Å². The van der Waals surface area contributed by atoms with Crippen LogP contribution in [0.1, 0.15) is 43.7 Å². The largest absolute Gasteiger partial charge is 0.493 e. The number of benzene rings is 2. The minimum Gasteiger partial charge on any atom is -0.493 e. The Kier molecular flexibility index (Phi) is 7.53. The highest BCUT2D eigenvalue weighted by Crippen LogP contribution is 2.38. The van der Waals surface area contributed by atoms with Gasteiger partial charge in [0.15, 0.2) is 11.5 Å². The first-order valence-corrected chi connectivity index (χ1v) is 9.21. The summed E-state index contributed by atoms with van der Waals surface area (Å²) < 4.78 is 16.0. The van der Waals surface area contributed by atoms with E-state index in [2.05, 4.69) is 31.3 Å². The molecule has 0 radical (unpaired) electrons. The molecule has 2 aromatic carbocycles. The highest BCUT2D eigenvalue weighted by atomic mass is 16.5. The number of hydrogen-bond donors (Lipinski definition) is 1. The lowest BCUT2D eigenvalue weighted by Crippen LogP contribution is -2.12. The van der Waals surface area contributed by atoms with E-state index in [0.717, 1.165) is 17.7 Å². The standard InChI is InChI=1S/C22H29NO4/c1-6-15(2)17-8-10-18(11-9-17)23-21(24)12-7-16-13-19(25-3)22(27-5)20(14-16)26-4/h8-11,13-15H,6-7,12H2,1-5H3,(H,23,24)/t15-/m1/s1. The molecule has 0 fully saturated rings. The van der Waals surface area contributed by atoms with Gasteiger partial charge in [0.05, 0.1) is 21.3 Å². The molecule has 0 aromatic heterocycles. The third kappa shape index (κ3) is 5.39. The van der Waals surface area contributed by atoms with Crippen LogP contribution in [0.5, 0.6) is 17.2 Å². The van der Waals surface area contributed by atoms with Crippen LogP contribution >= 0.6 is 0 Å². The summed E-state index contributed by atoms with van der Waals surface area (Å²) in [6.07, 6.45) is 2.04. The Morgan fingerprint density at radius 2 is 1.59 bits per heavy atom. The van der Waals surface area contributed by atoms with Crippen molar-refractivity contribution in [3.8, 4) is 17.2 Å². The number of aryl methyl sites for hydroxylation is 1. The molecule has 0 unspecified atom stereocenters. The third-order valence-electron chi connectivity index (χ3n) is 4.74. The molecule has 0 aliphatic rings. The average molecular weight is 371 g/mol. The van der Waals surface area contributed by atoms with E-state index in [1.54, 1.807) is 21.3 Å². The first kappa shape index (κ1) is 20.6. The van der Waals surface area contributed by atoms with Crippen LogP contribution in [0.4, 0.5) is 5.69 Å². The van der Waals surface area contributed by atoms with Crippen molar-refractivity contribution in [1.29, 1.82) is 0 Å². The fourth-order valence-electron chi connectivity index (χ4n) is 2.89. The summed E-state index contributed by atoms with van der Waals surface area (Å²) in [6.45, 7) is 4.37. The summed E-state index contributed by atoms with van der Waals surface area (Å²) in [5.41, 5.74) is 3.05. The Hall–Kier alpha value is -2.69. The number of hydrogen-bond acceptors (Lipinski definition) is 4. The van der Waals surface area contributed by atoms with Crippen LogP contribution in [0.25, 0.3) is 0 Å². The maximum atomic E-state index is 12.3. The Labute approximate surface area is 161 Å². The number of anilines is 1. The van der Waals surface area contributed by atoms with Crippen LogP contribution in [0.2, 0.25) is 0 Å². The molecule has 5 nitrogen and oxygen atoms in total. The summed E-state index contributed by atoms with van der Waals surface area (Å²) in [6, 6.07) is 11.8. The average Bonchev–Trinajstić information content (AvgIpc) is 2.71. The molecular formula is C22H29NO4. The predicted octanol–water partition coefficient (Wildman–Crippen LogP) is 4.80. The van der Waals surface area contributed by atoms with Crippen molar-refractivity contribution in [1.82, 2.24) is 0 Å². The lowest BCUT2D eigenvalue weighted by Gasteiger charge is -2.14. The van der Waals surface area contributed by atoms with Gasteiger partial charge in [0.2, 0.25) is 11.7 Å². The van der Waals surface area contributed by atoms with Crippen LogP contribution in [0, 0.1) is 0 Å². The number of carbonyl (C=O) groups is 1. The summed E-state index contributed by atoms with van der Waals surface area (Å²) in [5, 5.41) is 2.95. The molecule has 0 aliphatic heterocycles. The second-order valence-electron chi connectivity index (χ2n) is 6.51. The highest BCUT2D eigenvalue weighted by molar-refractivity contribution is 5.90. The summed E-state index contributed by atoms with van der Waals surface area (Å²) in [4.78, 5) is 12.3. The molecule has 0 spiro atoms. The fraction of sp³-hybridized carbons (Fsp3) is 0.409.